The molecule has 1 aromatic heterocycles. The number of pyridine rings is 1. The zero-order valence-corrected chi connectivity index (χ0v) is 17.4. The van der Waals surface area contributed by atoms with Crippen LogP contribution in [0.15, 0.2) is 54.7 Å². The number of carbonyl (C=O) groups excluding carboxylic acids is 2. The van der Waals surface area contributed by atoms with Gasteiger partial charge in [0.2, 0.25) is 0 Å². The molecule has 0 radical (unpaired) electrons. The molecule has 154 valence electrons. The lowest BCUT2D eigenvalue weighted by Crippen LogP contribution is -2.44. The van der Waals surface area contributed by atoms with Gasteiger partial charge < -0.3 is 14.4 Å². The van der Waals surface area contributed by atoms with Gasteiger partial charge in [0.25, 0.3) is 5.91 Å². The highest BCUT2D eigenvalue weighted by Crippen LogP contribution is 2.14. The molecule has 6 nitrogen and oxygen atoms in total. The molecular formula is C23H28N2O4. The Morgan fingerprint density at radius 3 is 2.31 bits per heavy atom. The molecule has 0 unspecified atom stereocenters. The van der Waals surface area contributed by atoms with Crippen molar-refractivity contribution in [2.24, 2.45) is 0 Å². The monoisotopic (exact) mass is 396 g/mol. The molecule has 0 atom stereocenters. The van der Waals surface area contributed by atoms with Crippen molar-refractivity contribution in [1.82, 2.24) is 9.88 Å². The first kappa shape index (κ1) is 22.1. The summed E-state index contributed by atoms with van der Waals surface area (Å²) < 4.78 is 10.7. The maximum atomic E-state index is 12.2. The Morgan fingerprint density at radius 2 is 1.72 bits per heavy atom. The SMILES string of the molecule is CC(C)N(C(=O)COC(=O)C=Cc1ccc(OCc2ccccn2)cc1)C(C)C. The molecule has 6 heteroatoms. The summed E-state index contributed by atoms with van der Waals surface area (Å²) >= 11 is 0. The normalized spacial score (nSPS) is 11.1. The maximum Gasteiger partial charge on any atom is 0.331 e. The molecule has 0 saturated carbocycles. The van der Waals surface area contributed by atoms with Gasteiger partial charge in [-0.05, 0) is 63.6 Å². The van der Waals surface area contributed by atoms with Crippen LogP contribution in [-0.4, -0.2) is 40.5 Å². The smallest absolute Gasteiger partial charge is 0.331 e. The molecule has 1 heterocycles. The summed E-state index contributed by atoms with van der Waals surface area (Å²) in [6.45, 7) is 7.86. The third-order valence-electron chi connectivity index (χ3n) is 4.14. The number of nitrogens with zero attached hydrogens (tertiary/aromatic N) is 2. The lowest BCUT2D eigenvalue weighted by atomic mass is 10.2. The topological polar surface area (TPSA) is 68.7 Å². The van der Waals surface area contributed by atoms with Crippen molar-refractivity contribution in [2.45, 2.75) is 46.4 Å². The molecule has 0 aliphatic heterocycles. The van der Waals surface area contributed by atoms with Crippen LogP contribution in [-0.2, 0) is 20.9 Å². The number of hydrogen-bond acceptors (Lipinski definition) is 5. The van der Waals surface area contributed by atoms with Gasteiger partial charge in [0.1, 0.15) is 12.4 Å². The van der Waals surface area contributed by atoms with Crippen LogP contribution < -0.4 is 4.74 Å². The largest absolute Gasteiger partial charge is 0.487 e. The molecule has 29 heavy (non-hydrogen) atoms. The summed E-state index contributed by atoms with van der Waals surface area (Å²) in [5.41, 5.74) is 1.67. The molecule has 0 saturated heterocycles. The lowest BCUT2D eigenvalue weighted by Gasteiger charge is -2.30. The minimum Gasteiger partial charge on any atom is -0.487 e. The van der Waals surface area contributed by atoms with E-state index in [2.05, 4.69) is 4.98 Å². The van der Waals surface area contributed by atoms with Crippen LogP contribution in [0.1, 0.15) is 39.0 Å². The fourth-order valence-electron chi connectivity index (χ4n) is 2.91. The highest BCUT2D eigenvalue weighted by Gasteiger charge is 2.20. The summed E-state index contributed by atoms with van der Waals surface area (Å²) in [6.07, 6.45) is 4.67. The van der Waals surface area contributed by atoms with Crippen LogP contribution in [0, 0.1) is 0 Å². The van der Waals surface area contributed by atoms with E-state index in [1.165, 1.54) is 6.08 Å². The average molecular weight is 396 g/mol. The first-order chi connectivity index (χ1) is 13.9. The van der Waals surface area contributed by atoms with Crippen LogP contribution in [0.25, 0.3) is 6.08 Å². The number of rotatable bonds is 9. The highest BCUT2D eigenvalue weighted by atomic mass is 16.5. The number of ether oxygens (including phenoxy) is 2. The van der Waals surface area contributed by atoms with E-state index in [1.807, 2.05) is 70.2 Å². The van der Waals surface area contributed by atoms with Crippen LogP contribution in [0.5, 0.6) is 5.75 Å². The molecule has 1 aromatic carbocycles. The van der Waals surface area contributed by atoms with Crippen LogP contribution in [0.2, 0.25) is 0 Å². The average Bonchev–Trinajstić information content (AvgIpc) is 2.70. The number of amides is 1. The molecule has 2 rings (SSSR count). The summed E-state index contributed by atoms with van der Waals surface area (Å²) in [7, 11) is 0. The number of esters is 1. The quantitative estimate of drug-likeness (QED) is 0.475. The van der Waals surface area contributed by atoms with Crippen molar-refractivity contribution in [3.05, 3.63) is 66.0 Å². The Hall–Kier alpha value is -3.15. The zero-order valence-electron chi connectivity index (χ0n) is 17.4. The van der Waals surface area contributed by atoms with E-state index >= 15 is 0 Å². The number of aromatic nitrogens is 1. The van der Waals surface area contributed by atoms with E-state index < -0.39 is 5.97 Å². The van der Waals surface area contributed by atoms with Gasteiger partial charge >= 0.3 is 5.97 Å². The van der Waals surface area contributed by atoms with Crippen molar-refractivity contribution >= 4 is 18.0 Å². The van der Waals surface area contributed by atoms with Crippen molar-refractivity contribution in [1.29, 1.82) is 0 Å². The predicted molar refractivity (Wildman–Crippen MR) is 112 cm³/mol. The number of benzene rings is 1. The molecule has 0 fully saturated rings. The molecule has 0 N–H and O–H groups in total. The van der Waals surface area contributed by atoms with Gasteiger partial charge in [0.05, 0.1) is 5.69 Å². The van der Waals surface area contributed by atoms with E-state index in [0.29, 0.717) is 12.4 Å². The Kier molecular flexibility index (Phi) is 8.40. The predicted octanol–water partition coefficient (Wildman–Crippen LogP) is 3.86. The Labute approximate surface area is 172 Å². The standard InChI is InChI=1S/C23H28N2O4/c1-17(2)25(18(3)4)22(26)16-29-23(27)13-10-19-8-11-21(12-9-19)28-15-20-7-5-6-14-24-20/h5-14,17-18H,15-16H2,1-4H3. The zero-order chi connectivity index (χ0) is 21.2. The second-order valence-corrected chi connectivity index (χ2v) is 7.11. The molecule has 0 aliphatic carbocycles. The van der Waals surface area contributed by atoms with E-state index in [0.717, 1.165) is 11.3 Å². The molecule has 0 spiro atoms. The Morgan fingerprint density at radius 1 is 1.03 bits per heavy atom. The third kappa shape index (κ3) is 7.41. The van der Waals surface area contributed by atoms with Crippen molar-refractivity contribution in [3.8, 4) is 5.75 Å². The first-order valence-corrected chi connectivity index (χ1v) is 9.65. The van der Waals surface area contributed by atoms with Gasteiger partial charge in [-0.3, -0.25) is 9.78 Å². The van der Waals surface area contributed by atoms with Gasteiger partial charge in [-0.1, -0.05) is 18.2 Å². The fraction of sp³-hybridized carbons (Fsp3) is 0.348. The molecule has 0 bridgehead atoms. The van der Waals surface area contributed by atoms with Crippen molar-refractivity contribution < 1.29 is 19.1 Å². The number of carbonyl (C=O) groups is 2. The number of hydrogen-bond donors (Lipinski definition) is 0. The van der Waals surface area contributed by atoms with Crippen LogP contribution in [0.3, 0.4) is 0 Å². The molecule has 1 amide bonds. The summed E-state index contributed by atoms with van der Waals surface area (Å²) in [5.74, 6) is -0.0455. The van der Waals surface area contributed by atoms with Gasteiger partial charge in [-0.25, -0.2) is 4.79 Å². The van der Waals surface area contributed by atoms with Gasteiger partial charge in [0.15, 0.2) is 6.61 Å². The van der Waals surface area contributed by atoms with Gasteiger partial charge in [0, 0.05) is 24.4 Å². The minimum atomic E-state index is -0.554. The highest BCUT2D eigenvalue weighted by molar-refractivity contribution is 5.89. The summed E-state index contributed by atoms with van der Waals surface area (Å²) in [4.78, 5) is 30.0. The van der Waals surface area contributed by atoms with Gasteiger partial charge in [-0.2, -0.15) is 0 Å². The Bertz CT molecular complexity index is 807. The Balaban J connectivity index is 1.81. The van der Waals surface area contributed by atoms with Crippen LogP contribution in [0.4, 0.5) is 0 Å². The fourth-order valence-corrected chi connectivity index (χ4v) is 2.91. The second kappa shape index (κ2) is 11.0. The third-order valence-corrected chi connectivity index (χ3v) is 4.14. The van der Waals surface area contributed by atoms with Gasteiger partial charge in [-0.15, -0.1) is 0 Å². The molecular weight excluding hydrogens is 368 g/mol. The van der Waals surface area contributed by atoms with E-state index in [9.17, 15) is 9.59 Å². The first-order valence-electron chi connectivity index (χ1n) is 9.65. The van der Waals surface area contributed by atoms with Crippen molar-refractivity contribution in [2.75, 3.05) is 6.61 Å². The van der Waals surface area contributed by atoms with Crippen LogP contribution >= 0.6 is 0 Å². The molecule has 2 aromatic rings. The molecule has 0 aliphatic rings. The second-order valence-electron chi connectivity index (χ2n) is 7.11. The van der Waals surface area contributed by atoms with E-state index in [-0.39, 0.29) is 24.6 Å². The van der Waals surface area contributed by atoms with E-state index in [1.54, 1.807) is 17.2 Å². The van der Waals surface area contributed by atoms with E-state index in [4.69, 9.17) is 9.47 Å². The maximum absolute atomic E-state index is 12.2. The minimum absolute atomic E-state index is 0.0511. The summed E-state index contributed by atoms with van der Waals surface area (Å²) in [6, 6.07) is 13.1. The lowest BCUT2D eigenvalue weighted by molar-refractivity contribution is -0.150. The summed E-state index contributed by atoms with van der Waals surface area (Å²) in [5, 5.41) is 0. The van der Waals surface area contributed by atoms with Crippen molar-refractivity contribution in [3.63, 3.8) is 0 Å².